The van der Waals surface area contributed by atoms with Crippen LogP contribution in [-0.2, 0) is 20.9 Å². The first kappa shape index (κ1) is 20.0. The Balaban J connectivity index is 1.41. The van der Waals surface area contributed by atoms with Crippen molar-refractivity contribution in [2.45, 2.75) is 6.54 Å². The third-order valence-electron chi connectivity index (χ3n) is 4.20. The third-order valence-corrected chi connectivity index (χ3v) is 4.20. The predicted octanol–water partition coefficient (Wildman–Crippen LogP) is 2.57. The molecule has 0 fully saturated rings. The van der Waals surface area contributed by atoms with Gasteiger partial charge in [-0.25, -0.2) is 4.39 Å². The highest BCUT2D eigenvalue weighted by Crippen LogP contribution is 2.15. The molecule has 0 unspecified atom stereocenters. The number of rotatable bonds is 7. The second kappa shape index (κ2) is 9.45. The lowest BCUT2D eigenvalue weighted by Gasteiger charge is -2.08. The van der Waals surface area contributed by atoms with Crippen molar-refractivity contribution in [2.75, 3.05) is 13.2 Å². The minimum absolute atomic E-state index is 0.0121. The highest BCUT2D eigenvalue weighted by atomic mass is 19.1. The molecule has 0 atom stereocenters. The molecule has 3 aromatic rings. The van der Waals surface area contributed by atoms with Gasteiger partial charge in [-0.3, -0.25) is 14.4 Å². The fraction of sp³-hybridized carbons (Fsp3) is 0.136. The Bertz CT molecular complexity index is 1050. The molecule has 0 saturated heterocycles. The van der Waals surface area contributed by atoms with Crippen LogP contribution < -0.4 is 10.6 Å². The van der Waals surface area contributed by atoms with Crippen LogP contribution in [0.1, 0.15) is 15.9 Å². The highest BCUT2D eigenvalue weighted by molar-refractivity contribution is 5.99. The van der Waals surface area contributed by atoms with E-state index in [-0.39, 0.29) is 13.1 Å². The number of esters is 1. The number of benzene rings is 3. The van der Waals surface area contributed by atoms with Gasteiger partial charge in [0.2, 0.25) is 0 Å². The maximum absolute atomic E-state index is 13.5. The quantitative estimate of drug-likeness (QED) is 0.604. The van der Waals surface area contributed by atoms with Gasteiger partial charge in [-0.2, -0.15) is 0 Å². The van der Waals surface area contributed by atoms with Crippen LogP contribution in [0.3, 0.4) is 0 Å². The van der Waals surface area contributed by atoms with E-state index in [1.807, 2.05) is 30.3 Å². The number of ether oxygens (including phenoxy) is 1. The lowest BCUT2D eigenvalue weighted by atomic mass is 10.1. The molecule has 0 aromatic heterocycles. The number of fused-ring (bicyclic) bond motifs is 1. The topological polar surface area (TPSA) is 84.5 Å². The van der Waals surface area contributed by atoms with Crippen LogP contribution in [0.25, 0.3) is 10.8 Å². The molecule has 3 aromatic carbocycles. The molecular formula is C22H19FN2O4. The van der Waals surface area contributed by atoms with Gasteiger partial charge >= 0.3 is 5.97 Å². The molecule has 148 valence electrons. The van der Waals surface area contributed by atoms with Gasteiger partial charge < -0.3 is 15.4 Å². The minimum atomic E-state index is -0.750. The summed E-state index contributed by atoms with van der Waals surface area (Å²) < 4.78 is 18.3. The second-order valence-corrected chi connectivity index (χ2v) is 6.27. The van der Waals surface area contributed by atoms with Crippen molar-refractivity contribution in [1.29, 1.82) is 0 Å². The number of halogens is 1. The van der Waals surface area contributed by atoms with E-state index in [0.717, 1.165) is 10.8 Å². The molecular weight excluding hydrogens is 375 g/mol. The lowest BCUT2D eigenvalue weighted by molar-refractivity contribution is -0.147. The number of nitrogens with one attached hydrogen (secondary N) is 2. The fourth-order valence-corrected chi connectivity index (χ4v) is 2.67. The number of hydrogen-bond acceptors (Lipinski definition) is 4. The number of carbonyl (C=O) groups is 3. The summed E-state index contributed by atoms with van der Waals surface area (Å²) >= 11 is 0. The second-order valence-electron chi connectivity index (χ2n) is 6.27. The van der Waals surface area contributed by atoms with Crippen molar-refractivity contribution < 1.29 is 23.5 Å². The van der Waals surface area contributed by atoms with Crippen LogP contribution in [0.15, 0.2) is 66.7 Å². The molecule has 7 heteroatoms. The molecule has 6 nitrogen and oxygen atoms in total. The molecule has 0 aliphatic carbocycles. The Morgan fingerprint density at radius 2 is 1.59 bits per heavy atom. The molecule has 29 heavy (non-hydrogen) atoms. The normalized spacial score (nSPS) is 10.4. The van der Waals surface area contributed by atoms with E-state index in [2.05, 4.69) is 10.6 Å². The number of carbonyl (C=O) groups excluding carboxylic acids is 3. The van der Waals surface area contributed by atoms with E-state index in [9.17, 15) is 18.8 Å². The molecule has 0 radical (unpaired) electrons. The first-order valence-electron chi connectivity index (χ1n) is 8.95. The monoisotopic (exact) mass is 394 g/mol. The molecule has 0 heterocycles. The maximum atomic E-state index is 13.5. The molecule has 0 bridgehead atoms. The predicted molar refractivity (Wildman–Crippen MR) is 105 cm³/mol. The third kappa shape index (κ3) is 5.62. The number of amides is 2. The van der Waals surface area contributed by atoms with Crippen molar-refractivity contribution in [1.82, 2.24) is 10.6 Å². The van der Waals surface area contributed by atoms with Crippen LogP contribution in [0.2, 0.25) is 0 Å². The molecule has 0 spiro atoms. The van der Waals surface area contributed by atoms with Crippen molar-refractivity contribution in [3.63, 3.8) is 0 Å². The standard InChI is InChI=1S/C22H19FN2O4/c23-19-8-4-3-7-18(19)12-24-20(26)14-29-21(27)13-25-22(28)17-10-9-15-5-1-2-6-16(15)11-17/h1-11H,12-14H2,(H,24,26)(H,25,28). The molecule has 0 aliphatic rings. The summed E-state index contributed by atoms with van der Waals surface area (Å²) in [7, 11) is 0. The van der Waals surface area contributed by atoms with Crippen LogP contribution >= 0.6 is 0 Å². The van der Waals surface area contributed by atoms with Crippen molar-refractivity contribution in [2.24, 2.45) is 0 Å². The summed E-state index contributed by atoms with van der Waals surface area (Å²) in [4.78, 5) is 35.7. The first-order chi connectivity index (χ1) is 14.0. The fourth-order valence-electron chi connectivity index (χ4n) is 2.67. The number of hydrogen-bond donors (Lipinski definition) is 2. The molecule has 2 amide bonds. The average molecular weight is 394 g/mol. The zero-order chi connectivity index (χ0) is 20.6. The minimum Gasteiger partial charge on any atom is -0.454 e. The van der Waals surface area contributed by atoms with Gasteiger partial charge in [-0.05, 0) is 29.0 Å². The average Bonchev–Trinajstić information content (AvgIpc) is 2.75. The summed E-state index contributed by atoms with van der Waals surface area (Å²) in [6.45, 7) is -0.896. The van der Waals surface area contributed by atoms with E-state index in [0.29, 0.717) is 11.1 Å². The van der Waals surface area contributed by atoms with Crippen molar-refractivity contribution in [3.05, 3.63) is 83.7 Å². The summed E-state index contributed by atoms with van der Waals surface area (Å²) in [6, 6.07) is 18.9. The van der Waals surface area contributed by atoms with Crippen LogP contribution in [-0.4, -0.2) is 30.9 Å². The van der Waals surface area contributed by atoms with Gasteiger partial charge in [0.1, 0.15) is 12.4 Å². The Hall–Kier alpha value is -3.74. The summed E-state index contributed by atoms with van der Waals surface area (Å²) in [5.41, 5.74) is 0.744. The lowest BCUT2D eigenvalue weighted by Crippen LogP contribution is -2.33. The van der Waals surface area contributed by atoms with E-state index in [4.69, 9.17) is 4.74 Å². The van der Waals surface area contributed by atoms with Crippen molar-refractivity contribution in [3.8, 4) is 0 Å². The van der Waals surface area contributed by atoms with Gasteiger partial charge in [-0.1, -0.05) is 48.5 Å². The van der Waals surface area contributed by atoms with Crippen LogP contribution in [0, 0.1) is 5.82 Å². The van der Waals surface area contributed by atoms with Gasteiger partial charge in [0.25, 0.3) is 11.8 Å². The summed E-state index contributed by atoms with van der Waals surface area (Å²) in [5, 5.41) is 6.83. The van der Waals surface area contributed by atoms with E-state index >= 15 is 0 Å². The zero-order valence-corrected chi connectivity index (χ0v) is 15.5. The van der Waals surface area contributed by atoms with Gasteiger partial charge in [0.15, 0.2) is 6.61 Å². The van der Waals surface area contributed by atoms with Crippen molar-refractivity contribution >= 4 is 28.6 Å². The summed E-state index contributed by atoms with van der Waals surface area (Å²) in [5.74, 6) is -2.17. The Morgan fingerprint density at radius 1 is 0.862 bits per heavy atom. The molecule has 3 rings (SSSR count). The maximum Gasteiger partial charge on any atom is 0.325 e. The summed E-state index contributed by atoms with van der Waals surface area (Å²) in [6.07, 6.45) is 0. The highest BCUT2D eigenvalue weighted by Gasteiger charge is 2.11. The largest absolute Gasteiger partial charge is 0.454 e. The SMILES string of the molecule is O=C(COC(=O)CNC(=O)c1ccc2ccccc2c1)NCc1ccccc1F. The van der Waals surface area contributed by atoms with Gasteiger partial charge in [0, 0.05) is 17.7 Å². The Kier molecular flexibility index (Phi) is 6.52. The molecule has 0 aliphatic heterocycles. The Labute approximate surface area is 166 Å². The smallest absolute Gasteiger partial charge is 0.325 e. The van der Waals surface area contributed by atoms with Crippen LogP contribution in [0.4, 0.5) is 4.39 Å². The van der Waals surface area contributed by atoms with Crippen LogP contribution in [0.5, 0.6) is 0 Å². The molecule has 0 saturated carbocycles. The van der Waals surface area contributed by atoms with E-state index in [1.165, 1.54) is 6.07 Å². The van der Waals surface area contributed by atoms with Gasteiger partial charge in [-0.15, -0.1) is 0 Å². The van der Waals surface area contributed by atoms with E-state index < -0.39 is 30.2 Å². The first-order valence-corrected chi connectivity index (χ1v) is 8.95. The van der Waals surface area contributed by atoms with E-state index in [1.54, 1.807) is 30.3 Å². The zero-order valence-electron chi connectivity index (χ0n) is 15.5. The Morgan fingerprint density at radius 3 is 2.38 bits per heavy atom. The molecule has 2 N–H and O–H groups in total. The van der Waals surface area contributed by atoms with Gasteiger partial charge in [0.05, 0.1) is 0 Å².